The summed E-state index contributed by atoms with van der Waals surface area (Å²) in [5, 5.41) is 0. The van der Waals surface area contributed by atoms with Gasteiger partial charge in [-0.05, 0) is 0 Å². The Labute approximate surface area is 149 Å². The van der Waals surface area contributed by atoms with Crippen molar-refractivity contribution in [3.05, 3.63) is 34.6 Å². The number of rotatable bonds is 3. The molecule has 1 saturated carbocycles. The van der Waals surface area contributed by atoms with E-state index in [2.05, 4.69) is 4.74 Å². The lowest BCUT2D eigenvalue weighted by atomic mass is 9.94. The molecule has 28 heavy (non-hydrogen) atoms. The van der Waals surface area contributed by atoms with Crippen molar-refractivity contribution >= 4 is 5.97 Å². The van der Waals surface area contributed by atoms with E-state index in [1.165, 1.54) is 0 Å². The van der Waals surface area contributed by atoms with Gasteiger partial charge >= 0.3 is 18.3 Å². The molecule has 0 N–H and O–H groups in total. The third-order valence-electron chi connectivity index (χ3n) is 4.88. The summed E-state index contributed by atoms with van der Waals surface area (Å²) < 4.78 is 149. The van der Waals surface area contributed by atoms with E-state index in [-0.39, 0.29) is 0 Å². The number of alkyl halides is 6. The van der Waals surface area contributed by atoms with Gasteiger partial charge in [-0.3, -0.25) is 4.79 Å². The molecule has 0 bridgehead atoms. The van der Waals surface area contributed by atoms with Gasteiger partial charge in [0, 0.05) is 5.41 Å². The molecule has 1 aromatic carbocycles. The first-order valence-corrected chi connectivity index (χ1v) is 7.25. The van der Waals surface area contributed by atoms with Gasteiger partial charge in [0.2, 0.25) is 5.82 Å². The fraction of sp³-hybridized carbons (Fsp3) is 0.533. The quantitative estimate of drug-likeness (QED) is 0.286. The number of ether oxygens (including phenoxy) is 1. The second kappa shape index (κ2) is 6.21. The van der Waals surface area contributed by atoms with Crippen molar-refractivity contribution in [3.63, 3.8) is 0 Å². The Morgan fingerprint density at radius 2 is 1.18 bits per heavy atom. The highest BCUT2D eigenvalue weighted by Gasteiger charge is 2.95. The van der Waals surface area contributed by atoms with E-state index in [0.717, 1.165) is 0 Å². The molecule has 0 aliphatic heterocycles. The molecule has 1 fully saturated rings. The molecule has 0 aromatic heterocycles. The molecule has 1 aliphatic rings. The molecule has 1 unspecified atom stereocenters. The van der Waals surface area contributed by atoms with Gasteiger partial charge in [-0.1, -0.05) is 13.8 Å². The van der Waals surface area contributed by atoms with Gasteiger partial charge in [-0.2, -0.15) is 26.3 Å². The first kappa shape index (κ1) is 22.2. The van der Waals surface area contributed by atoms with E-state index < -0.39 is 76.3 Å². The SMILES string of the molecule is CC1(C)C(C(=O)OCc2c(F)c(F)c(F)c(F)c2F)C1(C(F)(F)F)C(F)(F)F. The van der Waals surface area contributed by atoms with Crippen LogP contribution < -0.4 is 0 Å². The maximum Gasteiger partial charge on any atom is 0.404 e. The molecule has 13 heteroatoms. The smallest absolute Gasteiger partial charge is 0.404 e. The third kappa shape index (κ3) is 2.72. The molecule has 2 rings (SSSR count). The zero-order valence-electron chi connectivity index (χ0n) is 13.8. The average Bonchev–Trinajstić information content (AvgIpc) is 3.09. The molecule has 1 aromatic rings. The monoisotopic (exact) mass is 430 g/mol. The number of carbonyl (C=O) groups excluding carboxylic acids is 1. The Bertz CT molecular complexity index is 780. The van der Waals surface area contributed by atoms with Crippen molar-refractivity contribution < 1.29 is 57.8 Å². The first-order chi connectivity index (χ1) is 12.4. The Kier molecular flexibility index (Phi) is 4.93. The van der Waals surface area contributed by atoms with Gasteiger partial charge < -0.3 is 4.74 Å². The van der Waals surface area contributed by atoms with E-state index in [0.29, 0.717) is 13.8 Å². The molecule has 0 amide bonds. The molecule has 2 nitrogen and oxygen atoms in total. The van der Waals surface area contributed by atoms with E-state index in [1.54, 1.807) is 0 Å². The highest BCUT2D eigenvalue weighted by atomic mass is 19.4. The minimum atomic E-state index is -5.93. The Morgan fingerprint density at radius 1 is 0.821 bits per heavy atom. The second-order valence-electron chi connectivity index (χ2n) is 6.61. The van der Waals surface area contributed by atoms with Gasteiger partial charge in [0.05, 0.1) is 11.5 Å². The highest BCUT2D eigenvalue weighted by Crippen LogP contribution is 2.81. The maximum absolute atomic E-state index is 13.5. The number of hydrogen-bond acceptors (Lipinski definition) is 2. The van der Waals surface area contributed by atoms with Gasteiger partial charge in [-0.15, -0.1) is 0 Å². The van der Waals surface area contributed by atoms with Crippen LogP contribution in [0, 0.1) is 45.8 Å². The van der Waals surface area contributed by atoms with Crippen molar-refractivity contribution in [3.8, 4) is 0 Å². The number of halogens is 11. The minimum Gasteiger partial charge on any atom is -0.460 e. The first-order valence-electron chi connectivity index (χ1n) is 7.25. The summed E-state index contributed by atoms with van der Waals surface area (Å²) in [5.74, 6) is -17.2. The predicted octanol–water partition coefficient (Wildman–Crippen LogP) is 5.19. The number of hydrogen-bond donors (Lipinski definition) is 0. The summed E-state index contributed by atoms with van der Waals surface area (Å²) in [6.45, 7) is -0.792. The molecule has 1 atom stereocenters. The van der Waals surface area contributed by atoms with Gasteiger partial charge in [-0.25, -0.2) is 22.0 Å². The van der Waals surface area contributed by atoms with Crippen molar-refractivity contribution in [1.82, 2.24) is 0 Å². The normalized spacial score (nSPS) is 20.8. The van der Waals surface area contributed by atoms with Gasteiger partial charge in [0.1, 0.15) is 6.61 Å². The average molecular weight is 430 g/mol. The number of carbonyl (C=O) groups is 1. The summed E-state index contributed by atoms with van der Waals surface area (Å²) in [6, 6.07) is 0. The molecule has 0 radical (unpaired) electrons. The lowest BCUT2D eigenvalue weighted by Crippen LogP contribution is -2.44. The highest BCUT2D eigenvalue weighted by molar-refractivity contribution is 5.80. The fourth-order valence-corrected chi connectivity index (χ4v) is 3.46. The Balaban J connectivity index is 2.36. The van der Waals surface area contributed by atoms with Gasteiger partial charge in [0.15, 0.2) is 28.7 Å². The van der Waals surface area contributed by atoms with Crippen molar-refractivity contribution in [2.75, 3.05) is 0 Å². The van der Waals surface area contributed by atoms with E-state index in [9.17, 15) is 53.1 Å². The molecule has 0 spiro atoms. The van der Waals surface area contributed by atoms with Crippen LogP contribution in [0.1, 0.15) is 19.4 Å². The molecule has 0 heterocycles. The summed E-state index contributed by atoms with van der Waals surface area (Å²) in [5.41, 5.74) is -8.93. The van der Waals surface area contributed by atoms with Crippen molar-refractivity contribution in [1.29, 1.82) is 0 Å². The zero-order chi connectivity index (χ0) is 22.0. The predicted molar refractivity (Wildman–Crippen MR) is 67.8 cm³/mol. The topological polar surface area (TPSA) is 26.3 Å². The second-order valence-corrected chi connectivity index (χ2v) is 6.61. The third-order valence-corrected chi connectivity index (χ3v) is 4.88. The van der Waals surface area contributed by atoms with Crippen LogP contribution in [0.5, 0.6) is 0 Å². The van der Waals surface area contributed by atoms with Crippen LogP contribution in [0.2, 0.25) is 0 Å². The maximum atomic E-state index is 13.5. The fourth-order valence-electron chi connectivity index (χ4n) is 3.46. The Hall–Kier alpha value is -2.08. The minimum absolute atomic E-state index is 0.484. The van der Waals surface area contributed by atoms with Crippen molar-refractivity contribution in [2.45, 2.75) is 32.8 Å². The lowest BCUT2D eigenvalue weighted by Gasteiger charge is -2.26. The molecule has 158 valence electrons. The Morgan fingerprint density at radius 3 is 1.50 bits per heavy atom. The van der Waals surface area contributed by atoms with Crippen LogP contribution in [0.15, 0.2) is 0 Å². The van der Waals surface area contributed by atoms with E-state index in [1.807, 2.05) is 0 Å². The van der Waals surface area contributed by atoms with Crippen LogP contribution in [-0.2, 0) is 16.1 Å². The van der Waals surface area contributed by atoms with Crippen LogP contribution in [0.3, 0.4) is 0 Å². The molecule has 0 saturated heterocycles. The molecular weight excluding hydrogens is 421 g/mol. The van der Waals surface area contributed by atoms with E-state index >= 15 is 0 Å². The van der Waals surface area contributed by atoms with E-state index in [4.69, 9.17) is 0 Å². The van der Waals surface area contributed by atoms with Gasteiger partial charge in [0.25, 0.3) is 0 Å². The lowest BCUT2D eigenvalue weighted by molar-refractivity contribution is -0.315. The van der Waals surface area contributed by atoms with Crippen molar-refractivity contribution in [2.24, 2.45) is 16.7 Å². The van der Waals surface area contributed by atoms with Crippen LogP contribution in [0.25, 0.3) is 0 Å². The molecular formula is C15H9F11O2. The summed E-state index contributed by atoms with van der Waals surface area (Å²) >= 11 is 0. The summed E-state index contributed by atoms with van der Waals surface area (Å²) in [6.07, 6.45) is -11.9. The van der Waals surface area contributed by atoms with Crippen LogP contribution in [0.4, 0.5) is 48.3 Å². The number of benzene rings is 1. The molecule has 1 aliphatic carbocycles. The summed E-state index contributed by atoms with van der Waals surface area (Å²) in [7, 11) is 0. The summed E-state index contributed by atoms with van der Waals surface area (Å²) in [4.78, 5) is 11.8. The van der Waals surface area contributed by atoms with Crippen LogP contribution in [-0.4, -0.2) is 18.3 Å². The largest absolute Gasteiger partial charge is 0.460 e. The standard InChI is InChI=1S/C15H9F11O2/c1-12(2)10(13(12,14(21,22)23)15(24,25)26)11(27)28-3-4-5(16)7(18)9(20)8(19)6(4)17/h10H,3H2,1-2H3. The number of esters is 1. The van der Waals surface area contributed by atoms with Crippen LogP contribution >= 0.6 is 0 Å². The zero-order valence-corrected chi connectivity index (χ0v) is 13.8.